The maximum absolute atomic E-state index is 11.4. The first-order valence-electron chi connectivity index (χ1n) is 6.58. The van der Waals surface area contributed by atoms with E-state index in [1.165, 1.54) is 0 Å². The fourth-order valence-electron chi connectivity index (χ4n) is 2.56. The van der Waals surface area contributed by atoms with Crippen LogP contribution in [-0.4, -0.2) is 61.1 Å². The van der Waals surface area contributed by atoms with Crippen molar-refractivity contribution < 1.29 is 12.9 Å². The quantitative estimate of drug-likeness (QED) is 0.792. The molecule has 19 heavy (non-hydrogen) atoms. The van der Waals surface area contributed by atoms with Gasteiger partial charge in [0.15, 0.2) is 15.7 Å². The van der Waals surface area contributed by atoms with Gasteiger partial charge in [-0.3, -0.25) is 4.90 Å². The fraction of sp³-hybridized carbons (Fsp3) is 0.818. The molecule has 2 fully saturated rings. The van der Waals surface area contributed by atoms with Crippen LogP contribution in [-0.2, 0) is 16.4 Å². The summed E-state index contributed by atoms with van der Waals surface area (Å²) >= 11 is 0. The van der Waals surface area contributed by atoms with E-state index in [1.807, 2.05) is 0 Å². The van der Waals surface area contributed by atoms with Gasteiger partial charge in [0.2, 0.25) is 5.89 Å². The number of aromatic nitrogens is 2. The van der Waals surface area contributed by atoms with Crippen LogP contribution in [0.2, 0.25) is 0 Å². The molecule has 8 heteroatoms. The molecule has 2 aliphatic heterocycles. The van der Waals surface area contributed by atoms with Crippen LogP contribution < -0.4 is 5.32 Å². The molecular formula is C11H18N4O3S. The molecular weight excluding hydrogens is 268 g/mol. The van der Waals surface area contributed by atoms with Gasteiger partial charge in [0.25, 0.3) is 0 Å². The van der Waals surface area contributed by atoms with Crippen LogP contribution >= 0.6 is 0 Å². The summed E-state index contributed by atoms with van der Waals surface area (Å²) in [6, 6.07) is 0. The molecule has 106 valence electrons. The Labute approximate surface area is 112 Å². The van der Waals surface area contributed by atoms with Gasteiger partial charge in [0.05, 0.1) is 24.0 Å². The van der Waals surface area contributed by atoms with Gasteiger partial charge >= 0.3 is 0 Å². The van der Waals surface area contributed by atoms with E-state index in [9.17, 15) is 8.42 Å². The normalized spacial score (nSPS) is 27.7. The predicted molar refractivity (Wildman–Crippen MR) is 68.5 cm³/mol. The molecule has 0 radical (unpaired) electrons. The second kappa shape index (κ2) is 5.18. The molecule has 1 unspecified atom stereocenters. The maximum Gasteiger partial charge on any atom is 0.230 e. The molecule has 3 heterocycles. The van der Waals surface area contributed by atoms with Crippen LogP contribution in [0.25, 0.3) is 0 Å². The topological polar surface area (TPSA) is 88.3 Å². The number of hydrogen-bond acceptors (Lipinski definition) is 7. The highest BCUT2D eigenvalue weighted by molar-refractivity contribution is 7.91. The minimum absolute atomic E-state index is 0.116. The summed E-state index contributed by atoms with van der Waals surface area (Å²) < 4.78 is 28.1. The number of nitrogens with zero attached hydrogens (tertiary/aromatic N) is 3. The molecule has 3 rings (SSSR count). The van der Waals surface area contributed by atoms with Crippen LogP contribution in [0.3, 0.4) is 0 Å². The Morgan fingerprint density at radius 3 is 2.84 bits per heavy atom. The lowest BCUT2D eigenvalue weighted by molar-refractivity contribution is 0.224. The van der Waals surface area contributed by atoms with E-state index in [-0.39, 0.29) is 17.4 Å². The van der Waals surface area contributed by atoms with Crippen molar-refractivity contribution >= 4 is 9.84 Å². The molecule has 0 aliphatic carbocycles. The van der Waals surface area contributed by atoms with Crippen LogP contribution in [0.1, 0.15) is 24.1 Å². The molecule has 2 aliphatic rings. The third-order valence-electron chi connectivity index (χ3n) is 3.64. The summed E-state index contributed by atoms with van der Waals surface area (Å²) in [5.41, 5.74) is 0. The van der Waals surface area contributed by atoms with E-state index in [1.54, 1.807) is 0 Å². The van der Waals surface area contributed by atoms with Crippen molar-refractivity contribution in [2.24, 2.45) is 0 Å². The van der Waals surface area contributed by atoms with Crippen molar-refractivity contribution in [3.05, 3.63) is 11.7 Å². The number of sulfone groups is 1. The van der Waals surface area contributed by atoms with E-state index >= 15 is 0 Å². The highest BCUT2D eigenvalue weighted by atomic mass is 32.2. The Balaban J connectivity index is 1.63. The van der Waals surface area contributed by atoms with Gasteiger partial charge in [-0.25, -0.2) is 8.42 Å². The van der Waals surface area contributed by atoms with Crippen molar-refractivity contribution in [1.29, 1.82) is 0 Å². The van der Waals surface area contributed by atoms with Crippen molar-refractivity contribution in [1.82, 2.24) is 20.4 Å². The summed E-state index contributed by atoms with van der Waals surface area (Å²) in [4.78, 5) is 6.61. The Hall–Kier alpha value is -0.990. The Morgan fingerprint density at radius 2 is 2.16 bits per heavy atom. The van der Waals surface area contributed by atoms with Crippen LogP contribution in [0.15, 0.2) is 4.52 Å². The monoisotopic (exact) mass is 286 g/mol. The van der Waals surface area contributed by atoms with Gasteiger partial charge in [-0.2, -0.15) is 4.98 Å². The first kappa shape index (κ1) is 13.0. The van der Waals surface area contributed by atoms with Crippen molar-refractivity contribution in [3.8, 4) is 0 Å². The van der Waals surface area contributed by atoms with Gasteiger partial charge in [0.1, 0.15) is 0 Å². The van der Waals surface area contributed by atoms with Crippen LogP contribution in [0, 0.1) is 0 Å². The zero-order chi connectivity index (χ0) is 13.3. The maximum atomic E-state index is 11.4. The molecule has 0 spiro atoms. The number of rotatable bonds is 3. The number of nitrogens with one attached hydrogen (secondary N) is 1. The highest BCUT2D eigenvalue weighted by Crippen LogP contribution is 2.27. The van der Waals surface area contributed by atoms with Gasteiger partial charge in [-0.05, 0) is 6.42 Å². The standard InChI is InChI=1S/C11H18N4O3S/c16-19(17)6-1-9(8-19)11-13-10(14-18-11)7-15-4-2-12-3-5-15/h9,12H,1-8H2. The summed E-state index contributed by atoms with van der Waals surface area (Å²) in [6.45, 7) is 4.57. The van der Waals surface area contributed by atoms with E-state index < -0.39 is 9.84 Å². The van der Waals surface area contributed by atoms with Gasteiger partial charge in [-0.15, -0.1) is 0 Å². The average molecular weight is 286 g/mol. The Morgan fingerprint density at radius 1 is 1.37 bits per heavy atom. The summed E-state index contributed by atoms with van der Waals surface area (Å²) in [5.74, 6) is 1.39. The smallest absolute Gasteiger partial charge is 0.230 e. The first-order valence-corrected chi connectivity index (χ1v) is 8.40. The van der Waals surface area contributed by atoms with Gasteiger partial charge in [0, 0.05) is 26.2 Å². The lowest BCUT2D eigenvalue weighted by Gasteiger charge is -2.25. The van der Waals surface area contributed by atoms with Crippen molar-refractivity contribution in [2.45, 2.75) is 18.9 Å². The molecule has 1 atom stereocenters. The van der Waals surface area contributed by atoms with E-state index in [0.29, 0.717) is 24.7 Å². The minimum Gasteiger partial charge on any atom is -0.339 e. The third kappa shape index (κ3) is 3.13. The molecule has 1 aromatic rings. The third-order valence-corrected chi connectivity index (χ3v) is 5.41. The lowest BCUT2D eigenvalue weighted by atomic mass is 10.1. The number of hydrogen-bond donors (Lipinski definition) is 1. The molecule has 0 bridgehead atoms. The Kier molecular flexibility index (Phi) is 3.55. The van der Waals surface area contributed by atoms with E-state index in [2.05, 4.69) is 20.4 Å². The highest BCUT2D eigenvalue weighted by Gasteiger charge is 2.33. The molecule has 1 aromatic heterocycles. The first-order chi connectivity index (χ1) is 9.12. The summed E-state index contributed by atoms with van der Waals surface area (Å²) in [6.07, 6.45) is 0.595. The average Bonchev–Trinajstić information content (AvgIpc) is 2.97. The zero-order valence-corrected chi connectivity index (χ0v) is 11.5. The molecule has 7 nitrogen and oxygen atoms in total. The molecule has 2 saturated heterocycles. The van der Waals surface area contributed by atoms with E-state index in [4.69, 9.17) is 4.52 Å². The van der Waals surface area contributed by atoms with Gasteiger partial charge < -0.3 is 9.84 Å². The summed E-state index contributed by atoms with van der Waals surface area (Å²) in [5, 5.41) is 7.25. The Bertz CT molecular complexity index is 536. The molecule has 1 N–H and O–H groups in total. The lowest BCUT2D eigenvalue weighted by Crippen LogP contribution is -2.43. The SMILES string of the molecule is O=S1(=O)CCC(c2nc(CN3CCNCC3)no2)C1. The van der Waals surface area contributed by atoms with Crippen molar-refractivity contribution in [3.63, 3.8) is 0 Å². The largest absolute Gasteiger partial charge is 0.339 e. The van der Waals surface area contributed by atoms with Crippen LogP contribution in [0.4, 0.5) is 0 Å². The predicted octanol–water partition coefficient (Wildman–Crippen LogP) is -0.623. The summed E-state index contributed by atoms with van der Waals surface area (Å²) in [7, 11) is -2.91. The zero-order valence-electron chi connectivity index (χ0n) is 10.7. The van der Waals surface area contributed by atoms with Crippen molar-refractivity contribution in [2.75, 3.05) is 37.7 Å². The van der Waals surface area contributed by atoms with E-state index in [0.717, 1.165) is 26.2 Å². The van der Waals surface area contributed by atoms with Gasteiger partial charge in [-0.1, -0.05) is 5.16 Å². The minimum atomic E-state index is -2.91. The fourth-order valence-corrected chi connectivity index (χ4v) is 4.29. The molecule has 0 aromatic carbocycles. The van der Waals surface area contributed by atoms with Crippen LogP contribution in [0.5, 0.6) is 0 Å². The molecule has 0 saturated carbocycles. The second-order valence-electron chi connectivity index (χ2n) is 5.17. The molecule has 0 amide bonds. The number of piperazine rings is 1. The second-order valence-corrected chi connectivity index (χ2v) is 7.40.